The van der Waals surface area contributed by atoms with Crippen LogP contribution in [0.5, 0.6) is 0 Å². The molecule has 0 spiro atoms. The van der Waals surface area contributed by atoms with E-state index in [0.717, 1.165) is 12.8 Å². The first-order valence-corrected chi connectivity index (χ1v) is 3.58. The van der Waals surface area contributed by atoms with E-state index in [-0.39, 0.29) is 20.7 Å². The molecule has 0 aliphatic rings. The summed E-state index contributed by atoms with van der Waals surface area (Å²) >= 11 is 0. The van der Waals surface area contributed by atoms with Crippen LogP contribution in [0.2, 0.25) is 0 Å². The maximum Gasteiger partial charge on any atom is 0.0434 e. The normalized spacial score (nSPS) is 7.46. The Morgan fingerprint density at radius 3 is 1.92 bits per heavy atom. The molecule has 13 heavy (non-hydrogen) atoms. The number of hydrogen-bond acceptors (Lipinski definition) is 1. The van der Waals surface area contributed by atoms with Crippen molar-refractivity contribution in [2.45, 2.75) is 12.8 Å². The summed E-state index contributed by atoms with van der Waals surface area (Å²) in [5.41, 5.74) is 1.30. The molecule has 0 radical (unpaired) electrons. The van der Waals surface area contributed by atoms with E-state index in [1.807, 2.05) is 18.2 Å². The van der Waals surface area contributed by atoms with Crippen LogP contribution in [-0.2, 0) is 6.42 Å². The van der Waals surface area contributed by atoms with E-state index in [1.54, 1.807) is 0 Å². The van der Waals surface area contributed by atoms with Crippen molar-refractivity contribution in [2.24, 2.45) is 0 Å². The molecule has 1 aromatic rings. The molecule has 1 N–H and O–H groups in total. The molecule has 0 saturated carbocycles. The van der Waals surface area contributed by atoms with Gasteiger partial charge in [0, 0.05) is 6.61 Å². The van der Waals surface area contributed by atoms with Crippen LogP contribution in [0, 0.1) is 0 Å². The topological polar surface area (TPSA) is 20.2 Å². The largest absolute Gasteiger partial charge is 0.396 e. The minimum atomic E-state index is 0. The lowest BCUT2D eigenvalue weighted by Gasteiger charge is -1.96. The van der Waals surface area contributed by atoms with Crippen molar-refractivity contribution in [3.05, 3.63) is 35.9 Å². The fourth-order valence-electron chi connectivity index (χ4n) is 0.928. The molecule has 0 aliphatic heterocycles. The molecule has 0 unspecified atom stereocenters. The van der Waals surface area contributed by atoms with Gasteiger partial charge in [-0.2, -0.15) is 0 Å². The van der Waals surface area contributed by atoms with Gasteiger partial charge in [-0.25, -0.2) is 0 Å². The SMILES string of the molecule is F.F.F.OCCCc1ccccc1. The van der Waals surface area contributed by atoms with E-state index in [4.69, 9.17) is 5.11 Å². The van der Waals surface area contributed by atoms with Gasteiger partial charge in [-0.3, -0.25) is 14.1 Å². The van der Waals surface area contributed by atoms with Gasteiger partial charge in [0.1, 0.15) is 0 Å². The summed E-state index contributed by atoms with van der Waals surface area (Å²) in [7, 11) is 0. The third-order valence-corrected chi connectivity index (χ3v) is 1.47. The van der Waals surface area contributed by atoms with Crippen LogP contribution in [0.4, 0.5) is 14.1 Å². The maximum absolute atomic E-state index is 8.53. The smallest absolute Gasteiger partial charge is 0.0434 e. The Labute approximate surface area is 75.5 Å². The Morgan fingerprint density at radius 2 is 1.46 bits per heavy atom. The highest BCUT2D eigenvalue weighted by Gasteiger charge is 1.87. The summed E-state index contributed by atoms with van der Waals surface area (Å²) in [5.74, 6) is 0. The predicted molar refractivity (Wildman–Crippen MR) is 49.4 cm³/mol. The summed E-state index contributed by atoms with van der Waals surface area (Å²) in [4.78, 5) is 0. The Hall–Kier alpha value is -1.03. The van der Waals surface area contributed by atoms with Gasteiger partial charge < -0.3 is 5.11 Å². The summed E-state index contributed by atoms with van der Waals surface area (Å²) in [6, 6.07) is 10.2. The third kappa shape index (κ3) is 7.33. The van der Waals surface area contributed by atoms with Crippen molar-refractivity contribution < 1.29 is 19.2 Å². The van der Waals surface area contributed by atoms with E-state index in [0.29, 0.717) is 0 Å². The fraction of sp³-hybridized carbons (Fsp3) is 0.333. The van der Waals surface area contributed by atoms with E-state index >= 15 is 0 Å². The van der Waals surface area contributed by atoms with Crippen molar-refractivity contribution in [1.82, 2.24) is 0 Å². The highest BCUT2D eigenvalue weighted by atomic mass is 19.0. The molecule has 1 rings (SSSR count). The van der Waals surface area contributed by atoms with Crippen LogP contribution in [0.1, 0.15) is 12.0 Å². The Balaban J connectivity index is -0.000000333. The monoisotopic (exact) mass is 196 g/mol. The van der Waals surface area contributed by atoms with Crippen LogP contribution < -0.4 is 0 Å². The molecule has 0 heterocycles. The average molecular weight is 196 g/mol. The summed E-state index contributed by atoms with van der Waals surface area (Å²) in [6.07, 6.45) is 1.85. The van der Waals surface area contributed by atoms with Crippen molar-refractivity contribution in [3.63, 3.8) is 0 Å². The molecular formula is C9H15F3O. The van der Waals surface area contributed by atoms with E-state index in [1.165, 1.54) is 5.56 Å². The summed E-state index contributed by atoms with van der Waals surface area (Å²) < 4.78 is 0. The molecule has 78 valence electrons. The average Bonchev–Trinajstić information content (AvgIpc) is 2.03. The molecule has 4 heteroatoms. The van der Waals surface area contributed by atoms with Crippen LogP contribution >= 0.6 is 0 Å². The fourth-order valence-corrected chi connectivity index (χ4v) is 0.928. The van der Waals surface area contributed by atoms with Crippen molar-refractivity contribution in [1.29, 1.82) is 0 Å². The lowest BCUT2D eigenvalue weighted by molar-refractivity contribution is 0.288. The van der Waals surface area contributed by atoms with E-state index < -0.39 is 0 Å². The van der Waals surface area contributed by atoms with Crippen LogP contribution in [0.15, 0.2) is 30.3 Å². The number of halogens is 3. The lowest BCUT2D eigenvalue weighted by atomic mass is 10.1. The predicted octanol–water partition coefficient (Wildman–Crippen LogP) is 2.07. The standard InChI is InChI=1S/C9H12O.3FH/c10-8-4-7-9-5-2-1-3-6-9;;;/h1-3,5-6,10H,4,7-8H2;3*1H. The van der Waals surface area contributed by atoms with Gasteiger partial charge in [0.15, 0.2) is 0 Å². The first kappa shape index (κ1) is 17.9. The molecule has 0 saturated heterocycles. The first-order chi connectivity index (χ1) is 4.93. The third-order valence-electron chi connectivity index (χ3n) is 1.47. The number of rotatable bonds is 3. The molecule has 1 aromatic carbocycles. The van der Waals surface area contributed by atoms with Crippen LogP contribution in [0.25, 0.3) is 0 Å². The van der Waals surface area contributed by atoms with E-state index in [2.05, 4.69) is 12.1 Å². The zero-order chi connectivity index (χ0) is 7.23. The molecule has 0 fully saturated rings. The van der Waals surface area contributed by atoms with Gasteiger partial charge in [0.2, 0.25) is 0 Å². The summed E-state index contributed by atoms with van der Waals surface area (Å²) in [6.45, 7) is 0.287. The van der Waals surface area contributed by atoms with Crippen LogP contribution in [-0.4, -0.2) is 11.7 Å². The second-order valence-corrected chi connectivity index (χ2v) is 2.31. The van der Waals surface area contributed by atoms with Gasteiger partial charge >= 0.3 is 0 Å². The number of benzene rings is 1. The molecule has 0 atom stereocenters. The Kier molecular flexibility index (Phi) is 15.1. The van der Waals surface area contributed by atoms with Gasteiger partial charge in [-0.05, 0) is 18.4 Å². The second kappa shape index (κ2) is 11.0. The minimum absolute atomic E-state index is 0. The number of hydrogen-bond donors (Lipinski definition) is 1. The minimum Gasteiger partial charge on any atom is -0.396 e. The van der Waals surface area contributed by atoms with Crippen molar-refractivity contribution in [3.8, 4) is 0 Å². The van der Waals surface area contributed by atoms with Gasteiger partial charge in [0.25, 0.3) is 0 Å². The van der Waals surface area contributed by atoms with Gasteiger partial charge in [-0.15, -0.1) is 0 Å². The first-order valence-electron chi connectivity index (χ1n) is 3.58. The van der Waals surface area contributed by atoms with Gasteiger partial charge in [-0.1, -0.05) is 30.3 Å². The zero-order valence-electron chi connectivity index (χ0n) is 7.18. The molecular weight excluding hydrogens is 181 g/mol. The Morgan fingerprint density at radius 1 is 0.923 bits per heavy atom. The van der Waals surface area contributed by atoms with Crippen molar-refractivity contribution >= 4 is 0 Å². The van der Waals surface area contributed by atoms with E-state index in [9.17, 15) is 0 Å². The van der Waals surface area contributed by atoms with Crippen LogP contribution in [0.3, 0.4) is 0 Å². The Bertz CT molecular complexity index is 179. The quantitative estimate of drug-likeness (QED) is 0.784. The number of aliphatic hydroxyl groups is 1. The highest BCUT2D eigenvalue weighted by molar-refractivity contribution is 5.14. The summed E-state index contributed by atoms with van der Waals surface area (Å²) in [5, 5.41) is 8.53. The second-order valence-electron chi connectivity index (χ2n) is 2.31. The number of aryl methyl sites for hydroxylation is 1. The zero-order valence-corrected chi connectivity index (χ0v) is 7.18. The van der Waals surface area contributed by atoms with Gasteiger partial charge in [0.05, 0.1) is 0 Å². The molecule has 0 bridgehead atoms. The highest BCUT2D eigenvalue weighted by Crippen LogP contribution is 2.00. The lowest BCUT2D eigenvalue weighted by Crippen LogP contribution is -1.87. The molecule has 0 amide bonds. The maximum atomic E-state index is 8.53. The molecule has 0 aromatic heterocycles. The number of aliphatic hydroxyl groups excluding tert-OH is 1. The molecule has 0 aliphatic carbocycles. The molecule has 1 nitrogen and oxygen atoms in total. The van der Waals surface area contributed by atoms with Crippen molar-refractivity contribution in [2.75, 3.05) is 6.61 Å².